The third-order valence-electron chi connectivity index (χ3n) is 1.74. The Kier molecular flexibility index (Phi) is 2.16. The van der Waals surface area contributed by atoms with E-state index in [9.17, 15) is 19.4 Å². The lowest BCUT2D eigenvalue weighted by Crippen LogP contribution is -2.07. The molecule has 0 atom stereocenters. The first-order chi connectivity index (χ1) is 6.42. The van der Waals surface area contributed by atoms with Crippen molar-refractivity contribution in [2.45, 2.75) is 18.4 Å². The maximum atomic E-state index is 12.4. The minimum Gasteiger partial charge on any atom is -0.392 e. The third-order valence-corrected chi connectivity index (χ3v) is 2.87. The van der Waals surface area contributed by atoms with Crippen molar-refractivity contribution in [3.63, 3.8) is 0 Å². The van der Waals surface area contributed by atoms with Crippen LogP contribution in [0.15, 0.2) is 23.1 Å². The molecule has 0 spiro atoms. The fraction of sp³-hybridized carbons (Fsp3) is 0.250. The van der Waals surface area contributed by atoms with Crippen molar-refractivity contribution >= 4 is 10.2 Å². The van der Waals surface area contributed by atoms with Gasteiger partial charge in [0, 0.05) is 0 Å². The average Bonchev–Trinajstić information content (AvgIpc) is 1.99. The summed E-state index contributed by atoms with van der Waals surface area (Å²) in [5, 5.41) is 8.62. The lowest BCUT2D eigenvalue weighted by atomic mass is 10.1. The monoisotopic (exact) mass is 248 g/mol. The van der Waals surface area contributed by atoms with Crippen LogP contribution in [0, 0.1) is 6.92 Å². The predicted octanol–water partition coefficient (Wildman–Crippen LogP) is 4.14. The summed E-state index contributed by atoms with van der Waals surface area (Å²) in [6.07, 6.45) is 0. The SMILES string of the molecule is Cc1cc(CO)cc(S(F)(F)(F)(F)F)c1. The van der Waals surface area contributed by atoms with Crippen LogP contribution in [-0.2, 0) is 6.61 Å². The zero-order valence-electron chi connectivity index (χ0n) is 7.68. The first-order valence-corrected chi connectivity index (χ1v) is 5.83. The summed E-state index contributed by atoms with van der Waals surface area (Å²) in [6, 6.07) is 1.86. The van der Waals surface area contributed by atoms with Gasteiger partial charge in [-0.1, -0.05) is 25.5 Å². The van der Waals surface area contributed by atoms with E-state index in [2.05, 4.69) is 0 Å². The quantitative estimate of drug-likeness (QED) is 0.779. The van der Waals surface area contributed by atoms with Crippen LogP contribution in [0.25, 0.3) is 0 Å². The summed E-state index contributed by atoms with van der Waals surface area (Å²) < 4.78 is 61.8. The second-order valence-electron chi connectivity index (χ2n) is 3.28. The Morgan fingerprint density at radius 1 is 1.07 bits per heavy atom. The highest BCUT2D eigenvalue weighted by Crippen LogP contribution is 3.02. The Balaban J connectivity index is 3.47. The number of hydrogen-bond acceptors (Lipinski definition) is 1. The predicted molar refractivity (Wildman–Crippen MR) is 48.5 cm³/mol. The highest BCUT2D eigenvalue weighted by atomic mass is 32.5. The van der Waals surface area contributed by atoms with E-state index in [1.807, 2.05) is 0 Å². The van der Waals surface area contributed by atoms with E-state index in [0.717, 1.165) is 0 Å². The summed E-state index contributed by atoms with van der Waals surface area (Å²) in [5.74, 6) is 0. The van der Waals surface area contributed by atoms with Crippen molar-refractivity contribution in [2.24, 2.45) is 0 Å². The molecular weight excluding hydrogens is 239 g/mol. The topological polar surface area (TPSA) is 20.2 Å². The molecule has 0 aromatic heterocycles. The van der Waals surface area contributed by atoms with Crippen LogP contribution in [0.2, 0.25) is 0 Å². The molecule has 0 bridgehead atoms. The second kappa shape index (κ2) is 2.65. The van der Waals surface area contributed by atoms with Gasteiger partial charge in [-0.2, -0.15) is 0 Å². The fourth-order valence-corrected chi connectivity index (χ4v) is 1.92. The second-order valence-corrected chi connectivity index (χ2v) is 5.69. The maximum Gasteiger partial charge on any atom is 0.310 e. The van der Waals surface area contributed by atoms with Gasteiger partial charge in [0.05, 0.1) is 6.61 Å². The van der Waals surface area contributed by atoms with E-state index < -0.39 is 21.7 Å². The fourth-order valence-electron chi connectivity index (χ4n) is 1.14. The summed E-state index contributed by atoms with van der Waals surface area (Å²) in [5.41, 5.74) is -0.150. The molecule has 7 heteroatoms. The highest BCUT2D eigenvalue weighted by molar-refractivity contribution is 8.45. The van der Waals surface area contributed by atoms with Gasteiger partial charge in [0.25, 0.3) is 0 Å². The highest BCUT2D eigenvalue weighted by Gasteiger charge is 2.65. The first-order valence-electron chi connectivity index (χ1n) is 3.88. The van der Waals surface area contributed by atoms with Crippen molar-refractivity contribution in [1.82, 2.24) is 0 Å². The Hall–Kier alpha value is -0.820. The molecule has 1 nitrogen and oxygen atoms in total. The number of halogens is 5. The number of aryl methyl sites for hydroxylation is 1. The molecule has 0 aliphatic rings. The molecule has 0 saturated carbocycles. The standard InChI is InChI=1S/C8H9F5OS/c1-6-2-7(5-14)4-8(3-6)15(9,10,11,12)13/h2-4,14H,5H2,1H3. The summed E-state index contributed by atoms with van der Waals surface area (Å²) >= 11 is 0. The molecule has 0 unspecified atom stereocenters. The Bertz CT molecular complexity index is 396. The zero-order chi connectivity index (χ0) is 12.0. The largest absolute Gasteiger partial charge is 0.392 e. The average molecular weight is 248 g/mol. The van der Waals surface area contributed by atoms with Gasteiger partial charge in [-0.3, -0.25) is 0 Å². The molecule has 1 rings (SSSR count). The van der Waals surface area contributed by atoms with Gasteiger partial charge < -0.3 is 5.11 Å². The van der Waals surface area contributed by atoms with Gasteiger partial charge >= 0.3 is 10.2 Å². The molecule has 0 fully saturated rings. The number of aliphatic hydroxyl groups is 1. The lowest BCUT2D eigenvalue weighted by Gasteiger charge is -2.40. The number of aliphatic hydroxyl groups excluding tert-OH is 1. The molecule has 0 heterocycles. The van der Waals surface area contributed by atoms with E-state index in [-0.39, 0.29) is 17.2 Å². The van der Waals surface area contributed by atoms with Crippen molar-refractivity contribution in [3.8, 4) is 0 Å². The number of hydrogen-bond donors (Lipinski definition) is 1. The molecule has 0 radical (unpaired) electrons. The van der Waals surface area contributed by atoms with Crippen LogP contribution < -0.4 is 0 Å². The Morgan fingerprint density at radius 2 is 1.60 bits per heavy atom. The van der Waals surface area contributed by atoms with Crippen LogP contribution in [0.4, 0.5) is 19.4 Å². The van der Waals surface area contributed by atoms with E-state index in [0.29, 0.717) is 6.07 Å². The van der Waals surface area contributed by atoms with Crippen molar-refractivity contribution in [3.05, 3.63) is 29.3 Å². The maximum absolute atomic E-state index is 12.4. The molecular formula is C8H9F5OS. The number of rotatable bonds is 2. The minimum absolute atomic E-state index is 0.0322. The van der Waals surface area contributed by atoms with Gasteiger partial charge in [0.15, 0.2) is 0 Å². The van der Waals surface area contributed by atoms with Crippen LogP contribution in [0.5, 0.6) is 0 Å². The molecule has 0 saturated heterocycles. The molecule has 1 N–H and O–H groups in total. The van der Waals surface area contributed by atoms with E-state index in [4.69, 9.17) is 5.11 Å². The lowest BCUT2D eigenvalue weighted by molar-refractivity contribution is 0.281. The Morgan fingerprint density at radius 3 is 2.00 bits per heavy atom. The van der Waals surface area contributed by atoms with Crippen molar-refractivity contribution in [2.75, 3.05) is 0 Å². The van der Waals surface area contributed by atoms with Gasteiger partial charge in [-0.15, -0.1) is 0 Å². The van der Waals surface area contributed by atoms with Gasteiger partial charge in [0.1, 0.15) is 4.90 Å². The van der Waals surface area contributed by atoms with Crippen molar-refractivity contribution < 1.29 is 24.5 Å². The molecule has 1 aromatic rings. The summed E-state index contributed by atoms with van der Waals surface area (Å²) in [4.78, 5) is -1.96. The number of benzene rings is 1. The summed E-state index contributed by atoms with van der Waals surface area (Å²) in [6.45, 7) is 0.550. The molecule has 88 valence electrons. The van der Waals surface area contributed by atoms with Crippen LogP contribution in [0.3, 0.4) is 0 Å². The van der Waals surface area contributed by atoms with E-state index in [1.165, 1.54) is 13.0 Å². The van der Waals surface area contributed by atoms with E-state index >= 15 is 0 Å². The van der Waals surface area contributed by atoms with Crippen LogP contribution >= 0.6 is 10.2 Å². The Labute approximate surface area is 83.3 Å². The molecule has 0 aliphatic heterocycles. The molecule has 0 aliphatic carbocycles. The molecule has 1 aromatic carbocycles. The summed E-state index contributed by atoms with van der Waals surface area (Å²) in [7, 11) is -9.63. The van der Waals surface area contributed by atoms with Crippen LogP contribution in [0.1, 0.15) is 11.1 Å². The van der Waals surface area contributed by atoms with Crippen LogP contribution in [-0.4, -0.2) is 5.11 Å². The first kappa shape index (κ1) is 12.3. The third kappa shape index (κ3) is 3.07. The molecule has 15 heavy (non-hydrogen) atoms. The van der Waals surface area contributed by atoms with Gasteiger partial charge in [-0.25, -0.2) is 0 Å². The van der Waals surface area contributed by atoms with Crippen molar-refractivity contribution in [1.29, 1.82) is 0 Å². The minimum atomic E-state index is -9.63. The zero-order valence-corrected chi connectivity index (χ0v) is 8.50. The molecule has 0 amide bonds. The van der Waals surface area contributed by atoms with E-state index in [1.54, 1.807) is 0 Å². The van der Waals surface area contributed by atoms with Gasteiger partial charge in [0.2, 0.25) is 0 Å². The van der Waals surface area contributed by atoms with Gasteiger partial charge in [-0.05, 0) is 30.2 Å². The smallest absolute Gasteiger partial charge is 0.310 e. The normalized spacial score (nSPS) is 17.0.